The Morgan fingerprint density at radius 2 is 0.750 bits per heavy atom. The van der Waals surface area contributed by atoms with E-state index in [0.717, 1.165) is 69.6 Å². The summed E-state index contributed by atoms with van der Waals surface area (Å²) in [5.74, 6) is 0. The summed E-state index contributed by atoms with van der Waals surface area (Å²) in [4.78, 5) is 0. The minimum atomic E-state index is -3.44. The van der Waals surface area contributed by atoms with Crippen molar-refractivity contribution in [2.45, 2.75) is 143 Å². The summed E-state index contributed by atoms with van der Waals surface area (Å²) < 4.78 is 31.3. The van der Waals surface area contributed by atoms with Gasteiger partial charge in [0.2, 0.25) is 0 Å². The van der Waals surface area contributed by atoms with Crippen molar-refractivity contribution in [3.8, 4) is 0 Å². The zero-order chi connectivity index (χ0) is 24.2. The molecule has 5 heteroatoms. The van der Waals surface area contributed by atoms with Gasteiger partial charge in [-0.1, -0.05) is 13.3 Å². The second-order valence-electron chi connectivity index (χ2n) is 10.5. The molecule has 196 valence electrons. The monoisotopic (exact) mass is 494 g/mol. The van der Waals surface area contributed by atoms with Crippen LogP contribution in [-0.4, -0.2) is 39.3 Å². The first-order valence-electron chi connectivity index (χ1n) is 14.2. The minimum absolute atomic E-state index is 1.01. The van der Waals surface area contributed by atoms with Crippen molar-refractivity contribution >= 4 is 16.9 Å². The topological polar surface area (TPSA) is 43.4 Å². The number of rotatable bonds is 24. The Kier molecular flexibility index (Phi) is 18.8. The van der Waals surface area contributed by atoms with Gasteiger partial charge in [0.1, 0.15) is 0 Å². The molecule has 3 nitrogen and oxygen atoms in total. The van der Waals surface area contributed by atoms with Crippen LogP contribution in [0.4, 0.5) is 0 Å². The van der Waals surface area contributed by atoms with Gasteiger partial charge in [-0.05, 0) is 0 Å². The number of hydrogen-bond donors (Lipinski definition) is 0. The molecule has 0 spiro atoms. The van der Waals surface area contributed by atoms with Crippen molar-refractivity contribution in [2.75, 3.05) is 30.9 Å². The molecule has 0 aliphatic rings. The van der Waals surface area contributed by atoms with Crippen LogP contribution in [0.2, 0.25) is 0 Å². The van der Waals surface area contributed by atoms with Gasteiger partial charge < -0.3 is 0 Å². The summed E-state index contributed by atoms with van der Waals surface area (Å²) >= 11 is 0. The van der Waals surface area contributed by atoms with Crippen LogP contribution in [0.3, 0.4) is 0 Å². The zero-order valence-corrected chi connectivity index (χ0v) is 24.3. The summed E-state index contributed by atoms with van der Waals surface area (Å²) in [6, 6.07) is 0. The van der Waals surface area contributed by atoms with Gasteiger partial charge in [0, 0.05) is 0 Å². The Labute approximate surface area is 203 Å². The molecule has 0 aromatic heterocycles. The Balaban J connectivity index is 4.80. The SMILES string of the molecule is CCCCCCCCCCCCCCP(CCCC)(CCCC)(CCCC)OS(C)(=O)=O. The molecule has 0 atom stereocenters. The van der Waals surface area contributed by atoms with E-state index in [1.807, 2.05) is 0 Å². The van der Waals surface area contributed by atoms with Crippen LogP contribution >= 0.6 is 6.83 Å². The molecule has 0 saturated heterocycles. The Morgan fingerprint density at radius 1 is 0.469 bits per heavy atom. The quantitative estimate of drug-likeness (QED) is 0.0991. The van der Waals surface area contributed by atoms with E-state index >= 15 is 0 Å². The van der Waals surface area contributed by atoms with Gasteiger partial charge in [-0.2, -0.15) is 0 Å². The van der Waals surface area contributed by atoms with Crippen LogP contribution < -0.4 is 0 Å². The Hall–Kier alpha value is 0.340. The molecule has 0 bridgehead atoms. The third-order valence-electron chi connectivity index (χ3n) is 7.16. The molecule has 0 aromatic carbocycles. The average Bonchev–Trinajstić information content (AvgIpc) is 2.75. The van der Waals surface area contributed by atoms with Crippen molar-refractivity contribution in [2.24, 2.45) is 0 Å². The maximum absolute atomic E-state index is 12.5. The molecule has 0 radical (unpaired) electrons. The molecular formula is C27H59O3PS. The fraction of sp³-hybridized carbons (Fsp3) is 1.00. The van der Waals surface area contributed by atoms with Crippen molar-refractivity contribution in [3.05, 3.63) is 0 Å². The first-order valence-corrected chi connectivity index (χ1v) is 18.9. The van der Waals surface area contributed by atoms with Crippen LogP contribution in [0.5, 0.6) is 0 Å². The molecule has 0 aromatic rings. The van der Waals surface area contributed by atoms with E-state index in [4.69, 9.17) is 3.97 Å². The Bertz CT molecular complexity index is 508. The molecule has 0 fully saturated rings. The molecule has 0 saturated carbocycles. The first-order chi connectivity index (χ1) is 15.3. The summed E-state index contributed by atoms with van der Waals surface area (Å²) in [6.07, 6.45) is 28.0. The van der Waals surface area contributed by atoms with E-state index in [1.54, 1.807) is 0 Å². The molecular weight excluding hydrogens is 435 g/mol. The van der Waals surface area contributed by atoms with Crippen LogP contribution in [0.25, 0.3) is 0 Å². The number of hydrogen-bond acceptors (Lipinski definition) is 3. The van der Waals surface area contributed by atoms with Gasteiger partial charge >= 0.3 is 190 Å². The second-order valence-corrected chi connectivity index (χ2v) is 18.0. The van der Waals surface area contributed by atoms with Gasteiger partial charge in [0.05, 0.1) is 0 Å². The molecule has 0 N–H and O–H groups in total. The van der Waals surface area contributed by atoms with E-state index in [1.165, 1.54) is 76.9 Å². The van der Waals surface area contributed by atoms with Crippen LogP contribution in [0.15, 0.2) is 0 Å². The summed E-state index contributed by atoms with van der Waals surface area (Å²) in [6.45, 7) is 6.20. The van der Waals surface area contributed by atoms with Crippen molar-refractivity contribution in [1.82, 2.24) is 0 Å². The normalized spacial score (nSPS) is 13.8. The van der Waals surface area contributed by atoms with E-state index in [2.05, 4.69) is 27.7 Å². The fourth-order valence-corrected chi connectivity index (χ4v) is 15.2. The van der Waals surface area contributed by atoms with Gasteiger partial charge in [-0.25, -0.2) is 0 Å². The fourth-order valence-electron chi connectivity index (χ4n) is 5.23. The molecule has 0 aliphatic heterocycles. The predicted octanol–water partition coefficient (Wildman–Crippen LogP) is 9.53. The summed E-state index contributed by atoms with van der Waals surface area (Å²) in [5.41, 5.74) is 0. The average molecular weight is 495 g/mol. The van der Waals surface area contributed by atoms with Crippen LogP contribution in [0.1, 0.15) is 143 Å². The number of unbranched alkanes of at least 4 members (excludes halogenated alkanes) is 14. The molecule has 0 amide bonds. The molecule has 0 aliphatic carbocycles. The first kappa shape index (κ1) is 32.3. The van der Waals surface area contributed by atoms with E-state index < -0.39 is 16.9 Å². The second kappa shape index (κ2) is 18.6. The molecule has 0 unspecified atom stereocenters. The van der Waals surface area contributed by atoms with E-state index in [-0.39, 0.29) is 0 Å². The molecule has 0 rings (SSSR count). The van der Waals surface area contributed by atoms with Gasteiger partial charge in [-0.15, -0.1) is 0 Å². The standard InChI is InChI=1S/C27H59O3PS/c1-6-10-14-15-16-17-18-19-20-21-22-23-27-31(24-11-7-2,25-12-8-3,26-13-9-4)30-32(5,28)29/h6-27H2,1-5H3. The zero-order valence-electron chi connectivity index (χ0n) is 22.6. The Morgan fingerprint density at radius 3 is 1.06 bits per heavy atom. The third-order valence-corrected chi connectivity index (χ3v) is 15.7. The van der Waals surface area contributed by atoms with E-state index in [9.17, 15) is 8.42 Å². The predicted molar refractivity (Wildman–Crippen MR) is 148 cm³/mol. The van der Waals surface area contributed by atoms with Crippen molar-refractivity contribution in [1.29, 1.82) is 0 Å². The molecule has 32 heavy (non-hydrogen) atoms. The molecule has 0 heterocycles. The van der Waals surface area contributed by atoms with Gasteiger partial charge in [-0.3, -0.25) is 0 Å². The summed E-state index contributed by atoms with van der Waals surface area (Å²) in [7, 11) is -3.44. The van der Waals surface area contributed by atoms with Crippen molar-refractivity contribution in [3.63, 3.8) is 0 Å². The third kappa shape index (κ3) is 15.3. The van der Waals surface area contributed by atoms with Gasteiger partial charge in [0.25, 0.3) is 0 Å². The van der Waals surface area contributed by atoms with Crippen molar-refractivity contribution < 1.29 is 12.4 Å². The van der Waals surface area contributed by atoms with Gasteiger partial charge in [0.15, 0.2) is 0 Å². The van der Waals surface area contributed by atoms with E-state index in [0.29, 0.717) is 0 Å². The van der Waals surface area contributed by atoms with Crippen LogP contribution in [0, 0.1) is 0 Å². The maximum atomic E-state index is 12.5. The van der Waals surface area contributed by atoms with Crippen LogP contribution in [-0.2, 0) is 14.1 Å². The summed E-state index contributed by atoms with van der Waals surface area (Å²) in [5, 5.41) is 0.